The Morgan fingerprint density at radius 3 is 2.67 bits per heavy atom. The molecule has 1 saturated heterocycles. The molecule has 1 unspecified atom stereocenters. The molecule has 8 heteroatoms. The van der Waals surface area contributed by atoms with Crippen LogP contribution in [0.5, 0.6) is 0 Å². The number of nitrogens with one attached hydrogen (secondary N) is 1. The van der Waals surface area contributed by atoms with E-state index in [1.165, 1.54) is 6.07 Å². The molecule has 3 N–H and O–H groups in total. The van der Waals surface area contributed by atoms with Crippen molar-refractivity contribution in [3.8, 4) is 0 Å². The van der Waals surface area contributed by atoms with Crippen molar-refractivity contribution in [1.29, 1.82) is 0 Å². The summed E-state index contributed by atoms with van der Waals surface area (Å²) in [6.07, 6.45) is 0.277. The van der Waals surface area contributed by atoms with E-state index in [-0.39, 0.29) is 17.9 Å². The molecule has 114 valence electrons. The number of nitrogens with zero attached hydrogens (tertiary/aromatic N) is 1. The Bertz CT molecular complexity index is 699. The van der Waals surface area contributed by atoms with Gasteiger partial charge < -0.3 is 5.73 Å². The van der Waals surface area contributed by atoms with E-state index in [1.807, 2.05) is 0 Å². The molecular formula is C13H17N3O4S. The molecule has 0 radical (unpaired) electrons. The Morgan fingerprint density at radius 1 is 1.38 bits per heavy atom. The van der Waals surface area contributed by atoms with Crippen LogP contribution in [0.2, 0.25) is 0 Å². The second-order valence-corrected chi connectivity index (χ2v) is 6.77. The molecule has 1 heterocycles. The van der Waals surface area contributed by atoms with E-state index in [2.05, 4.69) is 5.32 Å². The normalized spacial score (nSPS) is 20.4. The number of carbonyl (C=O) groups excluding carboxylic acids is 2. The lowest BCUT2D eigenvalue weighted by atomic mass is 10.2. The summed E-state index contributed by atoms with van der Waals surface area (Å²) >= 11 is 0. The van der Waals surface area contributed by atoms with E-state index in [0.29, 0.717) is 11.3 Å². The van der Waals surface area contributed by atoms with Gasteiger partial charge >= 0.3 is 0 Å². The predicted molar refractivity (Wildman–Crippen MR) is 76.7 cm³/mol. The smallest absolute Gasteiger partial charge is 0.245 e. The Morgan fingerprint density at radius 2 is 2.05 bits per heavy atom. The maximum absolute atomic E-state index is 12.8. The van der Waals surface area contributed by atoms with Crippen LogP contribution < -0.4 is 11.1 Å². The summed E-state index contributed by atoms with van der Waals surface area (Å²) in [6.45, 7) is 2.95. The highest BCUT2D eigenvalue weighted by Crippen LogP contribution is 2.25. The highest BCUT2D eigenvalue weighted by atomic mass is 32.2. The number of nitrogen functional groups attached to an aromatic ring is 1. The van der Waals surface area contributed by atoms with E-state index >= 15 is 0 Å². The number of hydrogen-bond acceptors (Lipinski definition) is 5. The number of sulfonamides is 1. The molecule has 1 aromatic carbocycles. The zero-order valence-corrected chi connectivity index (χ0v) is 12.6. The van der Waals surface area contributed by atoms with Crippen molar-refractivity contribution in [3.05, 3.63) is 23.8 Å². The van der Waals surface area contributed by atoms with Crippen LogP contribution in [-0.4, -0.2) is 37.1 Å². The lowest BCUT2D eigenvalue weighted by Crippen LogP contribution is -2.59. The van der Waals surface area contributed by atoms with Crippen LogP contribution >= 0.6 is 0 Å². The summed E-state index contributed by atoms with van der Waals surface area (Å²) in [5.74, 6) is -1.23. The van der Waals surface area contributed by atoms with Crippen molar-refractivity contribution < 1.29 is 18.0 Å². The van der Waals surface area contributed by atoms with E-state index in [1.54, 1.807) is 26.0 Å². The van der Waals surface area contributed by atoms with Gasteiger partial charge in [0.15, 0.2) is 0 Å². The third-order valence-corrected chi connectivity index (χ3v) is 5.39. The van der Waals surface area contributed by atoms with Crippen molar-refractivity contribution in [1.82, 2.24) is 9.62 Å². The van der Waals surface area contributed by atoms with Gasteiger partial charge in [-0.25, -0.2) is 8.42 Å². The highest BCUT2D eigenvalue weighted by molar-refractivity contribution is 7.89. The second kappa shape index (κ2) is 5.45. The van der Waals surface area contributed by atoms with Crippen molar-refractivity contribution in [3.63, 3.8) is 0 Å². The SMILES string of the molecule is CCC1C(=O)NC(=O)CN1S(=O)(=O)c1cc(N)ccc1C. The summed E-state index contributed by atoms with van der Waals surface area (Å²) in [7, 11) is -3.97. The third kappa shape index (κ3) is 2.77. The fraction of sp³-hybridized carbons (Fsp3) is 0.385. The Balaban J connectivity index is 2.53. The van der Waals surface area contributed by atoms with Gasteiger partial charge in [0.2, 0.25) is 21.8 Å². The van der Waals surface area contributed by atoms with Crippen LogP contribution in [-0.2, 0) is 19.6 Å². The molecule has 0 bridgehead atoms. The van der Waals surface area contributed by atoms with Gasteiger partial charge in [0.25, 0.3) is 0 Å². The average Bonchev–Trinajstić information content (AvgIpc) is 2.40. The molecule has 21 heavy (non-hydrogen) atoms. The Labute approximate surface area is 123 Å². The molecular weight excluding hydrogens is 294 g/mol. The van der Waals surface area contributed by atoms with Gasteiger partial charge in [0, 0.05) is 5.69 Å². The van der Waals surface area contributed by atoms with Crippen molar-refractivity contribution in [2.75, 3.05) is 12.3 Å². The lowest BCUT2D eigenvalue weighted by molar-refractivity contribution is -0.137. The van der Waals surface area contributed by atoms with E-state index in [4.69, 9.17) is 5.73 Å². The first-order valence-electron chi connectivity index (χ1n) is 6.49. The number of amides is 2. The monoisotopic (exact) mass is 311 g/mol. The van der Waals surface area contributed by atoms with Crippen LogP contribution in [0.3, 0.4) is 0 Å². The topological polar surface area (TPSA) is 110 Å². The van der Waals surface area contributed by atoms with E-state index in [0.717, 1.165) is 4.31 Å². The maximum atomic E-state index is 12.8. The standard InChI is InChI=1S/C13H17N3O4S/c1-3-10-13(18)15-12(17)7-16(10)21(19,20)11-6-9(14)5-4-8(11)2/h4-6,10H,3,7,14H2,1-2H3,(H,15,17,18). The molecule has 0 spiro atoms. The van der Waals surface area contributed by atoms with Gasteiger partial charge in [-0.1, -0.05) is 13.0 Å². The fourth-order valence-corrected chi connectivity index (χ4v) is 4.18. The number of nitrogens with two attached hydrogens (primary N) is 1. The molecule has 1 aliphatic rings. The largest absolute Gasteiger partial charge is 0.399 e. The first-order chi connectivity index (χ1) is 9.77. The zero-order chi connectivity index (χ0) is 15.8. The predicted octanol–water partition coefficient (Wildman–Crippen LogP) is 0.00292. The summed E-state index contributed by atoms with van der Waals surface area (Å²) in [6, 6.07) is 3.64. The third-order valence-electron chi connectivity index (χ3n) is 3.40. The molecule has 7 nitrogen and oxygen atoms in total. The number of rotatable bonds is 3. The van der Waals surface area contributed by atoms with Gasteiger partial charge in [-0.2, -0.15) is 4.31 Å². The van der Waals surface area contributed by atoms with E-state index in [9.17, 15) is 18.0 Å². The molecule has 1 fully saturated rings. The number of anilines is 1. The van der Waals surface area contributed by atoms with Crippen molar-refractivity contribution >= 4 is 27.5 Å². The number of imide groups is 1. The van der Waals surface area contributed by atoms with Crippen molar-refractivity contribution in [2.24, 2.45) is 0 Å². The van der Waals surface area contributed by atoms with Gasteiger partial charge in [-0.3, -0.25) is 14.9 Å². The average molecular weight is 311 g/mol. The first-order valence-corrected chi connectivity index (χ1v) is 7.93. The Kier molecular flexibility index (Phi) is 4.02. The zero-order valence-electron chi connectivity index (χ0n) is 11.8. The number of carbonyl (C=O) groups is 2. The van der Waals surface area contributed by atoms with Gasteiger partial charge in [0.05, 0.1) is 11.4 Å². The van der Waals surface area contributed by atoms with Crippen LogP contribution in [0.1, 0.15) is 18.9 Å². The van der Waals surface area contributed by atoms with Gasteiger partial charge in [-0.05, 0) is 31.0 Å². The summed E-state index contributed by atoms with van der Waals surface area (Å²) in [5.41, 5.74) is 6.46. The molecule has 1 aromatic rings. The molecule has 1 aliphatic heterocycles. The maximum Gasteiger partial charge on any atom is 0.245 e. The van der Waals surface area contributed by atoms with Gasteiger partial charge in [-0.15, -0.1) is 0 Å². The van der Waals surface area contributed by atoms with Crippen LogP contribution in [0, 0.1) is 6.92 Å². The summed E-state index contributed by atoms with van der Waals surface area (Å²) in [4.78, 5) is 23.3. The number of aryl methyl sites for hydroxylation is 1. The highest BCUT2D eigenvalue weighted by Gasteiger charge is 2.41. The second-order valence-electron chi connectivity index (χ2n) is 4.91. The summed E-state index contributed by atoms with van der Waals surface area (Å²) < 4.78 is 26.5. The quantitative estimate of drug-likeness (QED) is 0.603. The Hall–Kier alpha value is -1.93. The van der Waals surface area contributed by atoms with Crippen molar-refractivity contribution in [2.45, 2.75) is 31.2 Å². The molecule has 0 aromatic heterocycles. The van der Waals surface area contributed by atoms with Crippen LogP contribution in [0.4, 0.5) is 5.69 Å². The van der Waals surface area contributed by atoms with Crippen LogP contribution in [0.25, 0.3) is 0 Å². The molecule has 2 amide bonds. The minimum absolute atomic E-state index is 0.0171. The van der Waals surface area contributed by atoms with Crippen LogP contribution in [0.15, 0.2) is 23.1 Å². The number of benzene rings is 1. The molecule has 0 saturated carbocycles. The lowest BCUT2D eigenvalue weighted by Gasteiger charge is -2.32. The minimum atomic E-state index is -3.97. The fourth-order valence-electron chi connectivity index (χ4n) is 2.31. The minimum Gasteiger partial charge on any atom is -0.399 e. The molecule has 2 rings (SSSR count). The van der Waals surface area contributed by atoms with Gasteiger partial charge in [0.1, 0.15) is 6.04 Å². The number of hydrogen-bond donors (Lipinski definition) is 2. The number of piperazine rings is 1. The van der Waals surface area contributed by atoms with E-state index < -0.39 is 27.9 Å². The molecule has 1 atom stereocenters. The first kappa shape index (κ1) is 15.5. The molecule has 0 aliphatic carbocycles. The summed E-state index contributed by atoms with van der Waals surface area (Å²) in [5, 5.41) is 2.15.